The highest BCUT2D eigenvalue weighted by molar-refractivity contribution is 7.91. The summed E-state index contributed by atoms with van der Waals surface area (Å²) < 4.78 is 29.2. The number of aromatic nitrogens is 2. The number of carbonyl (C=O) groups is 1. The number of hydrogen-bond acceptors (Lipinski definition) is 6. The van der Waals surface area contributed by atoms with E-state index < -0.39 is 9.84 Å². The second-order valence-electron chi connectivity index (χ2n) is 7.60. The molecular formula is C21H23N3O4S. The molecule has 3 rings (SSSR count). The van der Waals surface area contributed by atoms with Crippen LogP contribution in [0.2, 0.25) is 0 Å². The number of hydrogen-bond donors (Lipinski definition) is 1. The number of carbonyl (C=O) groups excluding carboxylic acids is 1. The van der Waals surface area contributed by atoms with Crippen molar-refractivity contribution in [1.82, 2.24) is 10.1 Å². The Kier molecular flexibility index (Phi) is 5.57. The van der Waals surface area contributed by atoms with E-state index in [2.05, 4.69) is 15.5 Å². The van der Waals surface area contributed by atoms with Gasteiger partial charge in [0.1, 0.15) is 0 Å². The van der Waals surface area contributed by atoms with Gasteiger partial charge in [-0.3, -0.25) is 4.79 Å². The Morgan fingerprint density at radius 1 is 1.07 bits per heavy atom. The summed E-state index contributed by atoms with van der Waals surface area (Å²) in [7, 11) is -3.29. The number of sulfone groups is 1. The Balaban J connectivity index is 1.87. The maximum Gasteiger partial charge on any atom is 0.258 e. The molecule has 0 unspecified atom stereocenters. The highest BCUT2D eigenvalue weighted by Gasteiger charge is 2.23. The normalized spacial score (nSPS) is 12.0. The van der Waals surface area contributed by atoms with Gasteiger partial charge in [-0.25, -0.2) is 8.42 Å². The molecule has 0 saturated heterocycles. The predicted octanol–water partition coefficient (Wildman–Crippen LogP) is 4.08. The SMILES string of the molecule is CCS(=O)(=O)c1ccc(NC(=O)c2ccccc2-c2nc(C(C)(C)C)no2)cc1. The average molecular weight is 413 g/mol. The van der Waals surface area contributed by atoms with E-state index in [-0.39, 0.29) is 27.9 Å². The fraction of sp³-hybridized carbons (Fsp3) is 0.286. The van der Waals surface area contributed by atoms with E-state index in [0.717, 1.165) is 0 Å². The molecule has 0 aliphatic carbocycles. The van der Waals surface area contributed by atoms with Crippen LogP contribution in [0.15, 0.2) is 57.9 Å². The second-order valence-corrected chi connectivity index (χ2v) is 9.88. The van der Waals surface area contributed by atoms with E-state index in [1.165, 1.54) is 12.1 Å². The van der Waals surface area contributed by atoms with Crippen LogP contribution in [-0.2, 0) is 15.3 Å². The zero-order chi connectivity index (χ0) is 21.2. The number of nitrogens with zero attached hydrogens (tertiary/aromatic N) is 2. The minimum Gasteiger partial charge on any atom is -0.334 e. The summed E-state index contributed by atoms with van der Waals surface area (Å²) >= 11 is 0. The lowest BCUT2D eigenvalue weighted by atomic mass is 9.96. The van der Waals surface area contributed by atoms with Gasteiger partial charge in [0.05, 0.1) is 21.8 Å². The van der Waals surface area contributed by atoms with Crippen LogP contribution in [-0.4, -0.2) is 30.2 Å². The highest BCUT2D eigenvalue weighted by Crippen LogP contribution is 2.27. The molecule has 8 heteroatoms. The minimum absolute atomic E-state index is 0.0207. The van der Waals surface area contributed by atoms with Gasteiger partial charge in [-0.2, -0.15) is 4.98 Å². The van der Waals surface area contributed by atoms with Crippen molar-refractivity contribution in [2.45, 2.75) is 38.0 Å². The van der Waals surface area contributed by atoms with Gasteiger partial charge in [-0.05, 0) is 36.4 Å². The van der Waals surface area contributed by atoms with Gasteiger partial charge in [0, 0.05) is 11.1 Å². The molecule has 1 N–H and O–H groups in total. The Hall–Kier alpha value is -3.00. The van der Waals surface area contributed by atoms with Crippen LogP contribution in [0.4, 0.5) is 5.69 Å². The number of nitrogens with one attached hydrogen (secondary N) is 1. The van der Waals surface area contributed by atoms with Gasteiger partial charge in [0.25, 0.3) is 11.8 Å². The molecule has 7 nitrogen and oxygen atoms in total. The number of rotatable bonds is 5. The Morgan fingerprint density at radius 3 is 2.31 bits per heavy atom. The van der Waals surface area contributed by atoms with Crippen molar-refractivity contribution < 1.29 is 17.7 Å². The van der Waals surface area contributed by atoms with E-state index in [0.29, 0.717) is 22.6 Å². The molecule has 1 amide bonds. The van der Waals surface area contributed by atoms with Gasteiger partial charge < -0.3 is 9.84 Å². The predicted molar refractivity (Wildman–Crippen MR) is 111 cm³/mol. The maximum atomic E-state index is 12.8. The molecule has 0 aliphatic heterocycles. The molecule has 29 heavy (non-hydrogen) atoms. The zero-order valence-corrected chi connectivity index (χ0v) is 17.6. The van der Waals surface area contributed by atoms with Gasteiger partial charge in [-0.1, -0.05) is 45.0 Å². The van der Waals surface area contributed by atoms with Crippen molar-refractivity contribution in [2.75, 3.05) is 11.1 Å². The summed E-state index contributed by atoms with van der Waals surface area (Å²) in [4.78, 5) is 17.5. The largest absolute Gasteiger partial charge is 0.334 e. The van der Waals surface area contributed by atoms with E-state index >= 15 is 0 Å². The molecule has 0 bridgehead atoms. The van der Waals surface area contributed by atoms with Crippen molar-refractivity contribution in [3.8, 4) is 11.5 Å². The molecule has 152 valence electrons. The lowest BCUT2D eigenvalue weighted by Gasteiger charge is -2.11. The lowest BCUT2D eigenvalue weighted by molar-refractivity contribution is 0.102. The highest BCUT2D eigenvalue weighted by atomic mass is 32.2. The van der Waals surface area contributed by atoms with Crippen molar-refractivity contribution in [2.24, 2.45) is 0 Å². The topological polar surface area (TPSA) is 102 Å². The van der Waals surface area contributed by atoms with Gasteiger partial charge >= 0.3 is 0 Å². The van der Waals surface area contributed by atoms with Gasteiger partial charge in [0.2, 0.25) is 0 Å². The van der Waals surface area contributed by atoms with Crippen molar-refractivity contribution in [3.63, 3.8) is 0 Å². The molecule has 1 heterocycles. The maximum absolute atomic E-state index is 12.8. The van der Waals surface area contributed by atoms with Crippen molar-refractivity contribution in [3.05, 3.63) is 59.9 Å². The first-order chi connectivity index (χ1) is 13.6. The quantitative estimate of drug-likeness (QED) is 0.676. The number of anilines is 1. The molecular weight excluding hydrogens is 390 g/mol. The van der Waals surface area contributed by atoms with Gasteiger partial charge in [-0.15, -0.1) is 0 Å². The first kappa shape index (κ1) is 20.7. The number of amides is 1. The molecule has 3 aromatic rings. The van der Waals surface area contributed by atoms with Crippen LogP contribution in [0, 0.1) is 0 Å². The standard InChI is InChI=1S/C21H23N3O4S/c1-5-29(26,27)15-12-10-14(11-13-15)22-18(25)16-8-6-7-9-17(16)19-23-20(24-28-19)21(2,3)4/h6-13H,5H2,1-4H3,(H,22,25). The third-order valence-corrected chi connectivity index (χ3v) is 6.10. The summed E-state index contributed by atoms with van der Waals surface area (Å²) in [5, 5.41) is 6.79. The summed E-state index contributed by atoms with van der Waals surface area (Å²) in [6.07, 6.45) is 0. The first-order valence-electron chi connectivity index (χ1n) is 9.19. The van der Waals surface area contributed by atoms with Crippen LogP contribution in [0.3, 0.4) is 0 Å². The van der Waals surface area contributed by atoms with Crippen LogP contribution in [0.1, 0.15) is 43.9 Å². The second kappa shape index (κ2) is 7.79. The van der Waals surface area contributed by atoms with E-state index in [1.54, 1.807) is 43.3 Å². The number of benzene rings is 2. The minimum atomic E-state index is -3.29. The lowest BCUT2D eigenvalue weighted by Crippen LogP contribution is -2.14. The third-order valence-electron chi connectivity index (χ3n) is 4.35. The van der Waals surface area contributed by atoms with E-state index in [4.69, 9.17) is 4.52 Å². The van der Waals surface area contributed by atoms with Crippen molar-refractivity contribution >= 4 is 21.4 Å². The molecule has 2 aromatic carbocycles. The van der Waals surface area contributed by atoms with Crippen LogP contribution < -0.4 is 5.32 Å². The van der Waals surface area contributed by atoms with E-state index in [9.17, 15) is 13.2 Å². The fourth-order valence-corrected chi connectivity index (χ4v) is 3.50. The molecule has 0 aliphatic rings. The molecule has 0 radical (unpaired) electrons. The fourth-order valence-electron chi connectivity index (χ4n) is 2.62. The third kappa shape index (κ3) is 4.54. The monoisotopic (exact) mass is 413 g/mol. The zero-order valence-electron chi connectivity index (χ0n) is 16.8. The summed E-state index contributed by atoms with van der Waals surface area (Å²) in [5.74, 6) is 0.481. The molecule has 1 aromatic heterocycles. The first-order valence-corrected chi connectivity index (χ1v) is 10.8. The van der Waals surface area contributed by atoms with E-state index in [1.807, 2.05) is 20.8 Å². The summed E-state index contributed by atoms with van der Waals surface area (Å²) in [6, 6.07) is 13.0. The van der Waals surface area contributed by atoms with Crippen molar-refractivity contribution in [1.29, 1.82) is 0 Å². The summed E-state index contributed by atoms with van der Waals surface area (Å²) in [5.41, 5.74) is 1.11. The molecule has 0 saturated carbocycles. The Bertz CT molecular complexity index is 1130. The van der Waals surface area contributed by atoms with Crippen LogP contribution in [0.5, 0.6) is 0 Å². The van der Waals surface area contributed by atoms with Crippen LogP contribution in [0.25, 0.3) is 11.5 Å². The molecule has 0 atom stereocenters. The summed E-state index contributed by atoms with van der Waals surface area (Å²) in [6.45, 7) is 7.51. The average Bonchev–Trinajstić information content (AvgIpc) is 3.19. The molecule has 0 spiro atoms. The Morgan fingerprint density at radius 2 is 1.72 bits per heavy atom. The van der Waals surface area contributed by atoms with Crippen LogP contribution >= 0.6 is 0 Å². The van der Waals surface area contributed by atoms with Gasteiger partial charge in [0.15, 0.2) is 15.7 Å². The smallest absolute Gasteiger partial charge is 0.258 e. The Labute approximate surface area is 170 Å². The molecule has 0 fully saturated rings.